The van der Waals surface area contributed by atoms with Crippen molar-refractivity contribution in [2.24, 2.45) is 0 Å². The highest BCUT2D eigenvalue weighted by Crippen LogP contribution is 2.30. The van der Waals surface area contributed by atoms with Crippen LogP contribution in [0.25, 0.3) is 0 Å². The Bertz CT molecular complexity index is 835. The molecule has 1 heterocycles. The molecule has 1 aliphatic rings. The normalized spacial score (nSPS) is 14.9. The minimum atomic E-state index is 0.0222. The van der Waals surface area contributed by atoms with Gasteiger partial charge in [-0.2, -0.15) is 0 Å². The Kier molecular flexibility index (Phi) is 7.27. The number of carbonyl (C=O) groups is 1. The van der Waals surface area contributed by atoms with Gasteiger partial charge in [-0.15, -0.1) is 11.8 Å². The fraction of sp³-hybridized carbons (Fsp3) is 0.409. The van der Waals surface area contributed by atoms with Crippen molar-refractivity contribution < 1.29 is 4.79 Å². The average molecular weight is 418 g/mol. The van der Waals surface area contributed by atoms with Gasteiger partial charge in [0.05, 0.1) is 11.4 Å². The van der Waals surface area contributed by atoms with Crippen molar-refractivity contribution in [3.8, 4) is 0 Å². The van der Waals surface area contributed by atoms with Crippen LogP contribution in [0, 0.1) is 13.8 Å². The van der Waals surface area contributed by atoms with Crippen LogP contribution >= 0.6 is 23.4 Å². The van der Waals surface area contributed by atoms with E-state index in [1.807, 2.05) is 18.2 Å². The molecule has 0 atom stereocenters. The van der Waals surface area contributed by atoms with Crippen LogP contribution in [0.5, 0.6) is 0 Å². The Morgan fingerprint density at radius 2 is 1.82 bits per heavy atom. The summed E-state index contributed by atoms with van der Waals surface area (Å²) in [6.45, 7) is 8.16. The summed E-state index contributed by atoms with van der Waals surface area (Å²) in [6, 6.07) is 12.2. The van der Waals surface area contributed by atoms with Gasteiger partial charge < -0.3 is 15.1 Å². The van der Waals surface area contributed by atoms with Crippen LogP contribution in [0.3, 0.4) is 0 Å². The number of benzene rings is 2. The highest BCUT2D eigenvalue weighted by Gasteiger charge is 2.18. The maximum Gasteiger partial charge on any atom is 0.225 e. The van der Waals surface area contributed by atoms with Crippen molar-refractivity contribution in [2.75, 3.05) is 49.2 Å². The molecule has 0 saturated carbocycles. The molecule has 1 N–H and O–H groups in total. The second kappa shape index (κ2) is 9.68. The van der Waals surface area contributed by atoms with Crippen LogP contribution < -0.4 is 10.2 Å². The van der Waals surface area contributed by atoms with Crippen LogP contribution in [0.1, 0.15) is 17.5 Å². The molecule has 2 aromatic carbocycles. The van der Waals surface area contributed by atoms with Gasteiger partial charge in [0.1, 0.15) is 0 Å². The number of piperazine rings is 1. The zero-order valence-electron chi connectivity index (χ0n) is 16.8. The Morgan fingerprint density at radius 3 is 2.54 bits per heavy atom. The first-order chi connectivity index (χ1) is 13.4. The predicted octanol–water partition coefficient (Wildman–Crippen LogP) is 4.83. The molecule has 1 aliphatic heterocycles. The molecule has 0 bridgehead atoms. The summed E-state index contributed by atoms with van der Waals surface area (Å²) >= 11 is 7.91. The Labute approximate surface area is 177 Å². The SMILES string of the molecule is Cc1ccc(SCCC(=O)Nc2cc(Cl)ccc2N2CCN(C)CC2)cc1C. The topological polar surface area (TPSA) is 35.6 Å². The highest BCUT2D eigenvalue weighted by molar-refractivity contribution is 7.99. The van der Waals surface area contributed by atoms with Crippen molar-refractivity contribution in [1.82, 2.24) is 4.90 Å². The molecular formula is C22H28ClN3OS. The van der Waals surface area contributed by atoms with E-state index in [2.05, 4.69) is 54.2 Å². The van der Waals surface area contributed by atoms with E-state index in [-0.39, 0.29) is 5.91 Å². The molecule has 0 spiro atoms. The number of thioether (sulfide) groups is 1. The molecule has 0 aliphatic carbocycles. The maximum absolute atomic E-state index is 12.5. The molecule has 0 aromatic heterocycles. The number of rotatable bonds is 6. The molecule has 150 valence electrons. The third-order valence-corrected chi connectivity index (χ3v) is 6.38. The zero-order chi connectivity index (χ0) is 20.1. The number of nitrogens with zero attached hydrogens (tertiary/aromatic N) is 2. The van der Waals surface area contributed by atoms with Crippen LogP contribution in [0.15, 0.2) is 41.3 Å². The lowest BCUT2D eigenvalue weighted by Gasteiger charge is -2.35. The lowest BCUT2D eigenvalue weighted by molar-refractivity contribution is -0.115. The smallest absolute Gasteiger partial charge is 0.225 e. The molecule has 2 aromatic rings. The highest BCUT2D eigenvalue weighted by atomic mass is 35.5. The lowest BCUT2D eigenvalue weighted by Crippen LogP contribution is -2.44. The van der Waals surface area contributed by atoms with Gasteiger partial charge in [0, 0.05) is 48.3 Å². The largest absolute Gasteiger partial charge is 0.367 e. The Morgan fingerprint density at radius 1 is 1.07 bits per heavy atom. The maximum atomic E-state index is 12.5. The van der Waals surface area contributed by atoms with Gasteiger partial charge in [-0.05, 0) is 62.4 Å². The number of hydrogen-bond donors (Lipinski definition) is 1. The second-order valence-corrected chi connectivity index (χ2v) is 8.95. The average Bonchev–Trinajstić information content (AvgIpc) is 2.66. The third-order valence-electron chi connectivity index (χ3n) is 5.15. The van der Waals surface area contributed by atoms with Crippen molar-refractivity contribution in [3.63, 3.8) is 0 Å². The lowest BCUT2D eigenvalue weighted by atomic mass is 10.1. The quantitative estimate of drug-likeness (QED) is 0.683. The third kappa shape index (κ3) is 5.66. The predicted molar refractivity (Wildman–Crippen MR) is 121 cm³/mol. The minimum Gasteiger partial charge on any atom is -0.367 e. The number of hydrogen-bond acceptors (Lipinski definition) is 4. The second-order valence-electron chi connectivity index (χ2n) is 7.34. The van der Waals surface area contributed by atoms with Gasteiger partial charge in [0.15, 0.2) is 0 Å². The molecular weight excluding hydrogens is 390 g/mol. The van der Waals surface area contributed by atoms with E-state index < -0.39 is 0 Å². The molecule has 4 nitrogen and oxygen atoms in total. The van der Waals surface area contributed by atoms with Crippen LogP contribution in [-0.4, -0.2) is 49.8 Å². The molecule has 1 fully saturated rings. The Hall–Kier alpha value is -1.69. The van der Waals surface area contributed by atoms with E-state index in [1.165, 1.54) is 16.0 Å². The van der Waals surface area contributed by atoms with E-state index in [4.69, 9.17) is 11.6 Å². The summed E-state index contributed by atoms with van der Waals surface area (Å²) in [7, 11) is 2.13. The van der Waals surface area contributed by atoms with Gasteiger partial charge in [-0.1, -0.05) is 17.7 Å². The molecule has 0 radical (unpaired) electrons. The molecule has 1 saturated heterocycles. The van der Waals surface area contributed by atoms with Gasteiger partial charge in [-0.25, -0.2) is 0 Å². The van der Waals surface area contributed by atoms with E-state index >= 15 is 0 Å². The molecule has 0 unspecified atom stereocenters. The summed E-state index contributed by atoms with van der Waals surface area (Å²) in [4.78, 5) is 18.4. The van der Waals surface area contributed by atoms with Crippen LogP contribution in [-0.2, 0) is 4.79 Å². The Balaban J connectivity index is 1.58. The summed E-state index contributed by atoms with van der Waals surface area (Å²) in [6.07, 6.45) is 0.465. The van der Waals surface area contributed by atoms with Crippen LogP contribution in [0.2, 0.25) is 5.02 Å². The van der Waals surface area contributed by atoms with E-state index in [0.717, 1.165) is 43.3 Å². The van der Waals surface area contributed by atoms with E-state index in [0.29, 0.717) is 11.4 Å². The number of nitrogens with one attached hydrogen (secondary N) is 1. The minimum absolute atomic E-state index is 0.0222. The van der Waals surface area contributed by atoms with Gasteiger partial charge in [0.25, 0.3) is 0 Å². The summed E-state index contributed by atoms with van der Waals surface area (Å²) < 4.78 is 0. The summed E-state index contributed by atoms with van der Waals surface area (Å²) in [5.74, 6) is 0.771. The van der Waals surface area contributed by atoms with Crippen LogP contribution in [0.4, 0.5) is 11.4 Å². The van der Waals surface area contributed by atoms with Gasteiger partial charge in [-0.3, -0.25) is 4.79 Å². The molecule has 1 amide bonds. The number of anilines is 2. The molecule has 6 heteroatoms. The number of likely N-dealkylation sites (N-methyl/N-ethyl adjacent to an activating group) is 1. The van der Waals surface area contributed by atoms with Gasteiger partial charge >= 0.3 is 0 Å². The van der Waals surface area contributed by atoms with E-state index in [9.17, 15) is 4.79 Å². The van der Waals surface area contributed by atoms with Gasteiger partial charge in [0.2, 0.25) is 5.91 Å². The monoisotopic (exact) mass is 417 g/mol. The number of amides is 1. The summed E-state index contributed by atoms with van der Waals surface area (Å²) in [5, 5.41) is 3.71. The summed E-state index contributed by atoms with van der Waals surface area (Å²) in [5.41, 5.74) is 4.43. The standard InChI is InChI=1S/C22H28ClN3OS/c1-16-4-6-19(14-17(16)2)28-13-8-22(27)24-20-15-18(23)5-7-21(20)26-11-9-25(3)10-12-26/h4-7,14-15H,8-13H2,1-3H3,(H,24,27). The number of halogens is 1. The fourth-order valence-electron chi connectivity index (χ4n) is 3.21. The van der Waals surface area contributed by atoms with Crippen molar-refractivity contribution in [1.29, 1.82) is 0 Å². The van der Waals surface area contributed by atoms with Crippen molar-refractivity contribution in [2.45, 2.75) is 25.2 Å². The zero-order valence-corrected chi connectivity index (χ0v) is 18.4. The van der Waals surface area contributed by atoms with Crippen molar-refractivity contribution in [3.05, 3.63) is 52.5 Å². The van der Waals surface area contributed by atoms with E-state index in [1.54, 1.807) is 11.8 Å². The molecule has 28 heavy (non-hydrogen) atoms. The molecule has 3 rings (SSSR count). The first-order valence-electron chi connectivity index (χ1n) is 9.65. The van der Waals surface area contributed by atoms with Crippen molar-refractivity contribution >= 4 is 40.6 Å². The number of carbonyl (C=O) groups excluding carboxylic acids is 1. The first-order valence-corrected chi connectivity index (χ1v) is 11.0. The number of aryl methyl sites for hydroxylation is 2. The fourth-order valence-corrected chi connectivity index (χ4v) is 4.33. The first kappa shape index (κ1) is 21.0.